The lowest BCUT2D eigenvalue weighted by molar-refractivity contribution is -0.119. The van der Waals surface area contributed by atoms with E-state index in [0.29, 0.717) is 25.6 Å². The number of ether oxygens (including phenoxy) is 1. The zero-order chi connectivity index (χ0) is 16.9. The molecule has 3 rings (SSSR count). The van der Waals surface area contributed by atoms with Gasteiger partial charge in [-0.3, -0.25) is 9.69 Å². The maximum Gasteiger partial charge on any atom is 0.239 e. The minimum atomic E-state index is -0.0435. The first-order valence-corrected chi connectivity index (χ1v) is 9.05. The van der Waals surface area contributed by atoms with E-state index < -0.39 is 0 Å². The van der Waals surface area contributed by atoms with Gasteiger partial charge in [-0.05, 0) is 5.92 Å². The molecule has 0 bridgehead atoms. The molecule has 8 heteroatoms. The van der Waals surface area contributed by atoms with Crippen LogP contribution in [0.2, 0.25) is 0 Å². The summed E-state index contributed by atoms with van der Waals surface area (Å²) >= 11 is 1.59. The van der Waals surface area contributed by atoms with Crippen LogP contribution in [0, 0.1) is 5.92 Å². The fourth-order valence-corrected chi connectivity index (χ4v) is 3.38. The molecular weight excluding hydrogens is 326 g/mol. The van der Waals surface area contributed by atoms with Crippen LogP contribution in [-0.2, 0) is 16.1 Å². The first-order chi connectivity index (χ1) is 11.6. The molecule has 0 spiro atoms. The lowest BCUT2D eigenvalue weighted by Gasteiger charge is -2.31. The molecule has 0 aliphatic carbocycles. The second kappa shape index (κ2) is 7.87. The monoisotopic (exact) mass is 349 g/mol. The number of amides is 1. The number of nitrogens with one attached hydrogen (secondary N) is 1. The van der Waals surface area contributed by atoms with Crippen molar-refractivity contribution in [2.24, 2.45) is 5.92 Å². The molecule has 2 aromatic rings. The van der Waals surface area contributed by atoms with Crippen LogP contribution >= 0.6 is 11.3 Å². The summed E-state index contributed by atoms with van der Waals surface area (Å²) in [5.41, 5.74) is 0. The van der Waals surface area contributed by atoms with Crippen molar-refractivity contribution >= 4 is 23.1 Å². The van der Waals surface area contributed by atoms with Gasteiger partial charge in [0.2, 0.25) is 5.91 Å². The number of thiazole rings is 1. The van der Waals surface area contributed by atoms with E-state index in [1.165, 1.54) is 0 Å². The topological polar surface area (TPSA) is 72.3 Å². The molecule has 1 amide bonds. The van der Waals surface area contributed by atoms with Gasteiger partial charge in [0.25, 0.3) is 0 Å². The molecular formula is C16H23N5O2S. The predicted molar refractivity (Wildman–Crippen MR) is 92.9 cm³/mol. The van der Waals surface area contributed by atoms with Crippen molar-refractivity contribution in [3.8, 4) is 0 Å². The number of rotatable bonds is 6. The first-order valence-electron chi connectivity index (χ1n) is 8.17. The van der Waals surface area contributed by atoms with Crippen molar-refractivity contribution in [2.75, 3.05) is 31.6 Å². The van der Waals surface area contributed by atoms with Gasteiger partial charge in [-0.15, -0.1) is 11.3 Å². The highest BCUT2D eigenvalue weighted by molar-refractivity contribution is 7.09. The Hall–Kier alpha value is -1.77. The van der Waals surface area contributed by atoms with E-state index in [1.807, 2.05) is 16.1 Å². The Morgan fingerprint density at radius 3 is 3.12 bits per heavy atom. The van der Waals surface area contributed by atoms with Gasteiger partial charge in [0.15, 0.2) is 0 Å². The van der Waals surface area contributed by atoms with E-state index in [1.54, 1.807) is 23.7 Å². The highest BCUT2D eigenvalue weighted by atomic mass is 32.1. The Kier molecular flexibility index (Phi) is 5.60. The summed E-state index contributed by atoms with van der Waals surface area (Å²) in [4.78, 5) is 18.8. The Morgan fingerprint density at radius 2 is 2.38 bits per heavy atom. The highest BCUT2D eigenvalue weighted by Crippen LogP contribution is 2.23. The summed E-state index contributed by atoms with van der Waals surface area (Å²) in [5, 5.41) is 10.1. The number of carbonyl (C=O) groups is 1. The molecule has 1 unspecified atom stereocenters. The Balaban J connectivity index is 1.54. The smallest absolute Gasteiger partial charge is 0.239 e. The number of anilines is 1. The molecule has 1 atom stereocenters. The van der Waals surface area contributed by atoms with Gasteiger partial charge in [-0.25, -0.2) is 9.67 Å². The van der Waals surface area contributed by atoms with Crippen molar-refractivity contribution in [3.63, 3.8) is 0 Å². The molecule has 2 aromatic heterocycles. The summed E-state index contributed by atoms with van der Waals surface area (Å²) < 4.78 is 7.60. The molecule has 1 aliphatic rings. The molecule has 1 fully saturated rings. The van der Waals surface area contributed by atoms with Gasteiger partial charge in [-0.1, -0.05) is 13.8 Å². The van der Waals surface area contributed by atoms with Crippen LogP contribution in [0.25, 0.3) is 0 Å². The van der Waals surface area contributed by atoms with E-state index in [2.05, 4.69) is 34.1 Å². The summed E-state index contributed by atoms with van der Waals surface area (Å²) in [6.07, 6.45) is 3.45. The van der Waals surface area contributed by atoms with Gasteiger partial charge >= 0.3 is 0 Å². The predicted octanol–water partition coefficient (Wildman–Crippen LogP) is 2.01. The van der Waals surface area contributed by atoms with Crippen molar-refractivity contribution in [1.82, 2.24) is 19.7 Å². The van der Waals surface area contributed by atoms with Gasteiger partial charge in [0.05, 0.1) is 19.3 Å². The molecule has 0 radical (unpaired) electrons. The van der Waals surface area contributed by atoms with Crippen molar-refractivity contribution in [2.45, 2.75) is 26.5 Å². The van der Waals surface area contributed by atoms with Crippen LogP contribution < -0.4 is 5.32 Å². The molecule has 24 heavy (non-hydrogen) atoms. The van der Waals surface area contributed by atoms with E-state index in [-0.39, 0.29) is 12.0 Å². The SMILES string of the molecule is CC(C)Cn1nccc1NC(=O)CN1CCOC(c2nccs2)C1. The zero-order valence-corrected chi connectivity index (χ0v) is 14.8. The average molecular weight is 349 g/mol. The molecule has 0 saturated carbocycles. The van der Waals surface area contributed by atoms with E-state index in [4.69, 9.17) is 4.74 Å². The number of morpholine rings is 1. The second-order valence-electron chi connectivity index (χ2n) is 6.31. The van der Waals surface area contributed by atoms with Crippen molar-refractivity contribution < 1.29 is 9.53 Å². The quantitative estimate of drug-likeness (QED) is 0.864. The Labute approximate surface area is 145 Å². The van der Waals surface area contributed by atoms with Crippen LogP contribution in [-0.4, -0.2) is 51.8 Å². The summed E-state index contributed by atoms with van der Waals surface area (Å²) in [6.45, 7) is 7.43. The van der Waals surface area contributed by atoms with E-state index in [0.717, 1.165) is 23.9 Å². The lowest BCUT2D eigenvalue weighted by atomic mass is 10.2. The van der Waals surface area contributed by atoms with E-state index in [9.17, 15) is 4.79 Å². The third kappa shape index (κ3) is 4.40. The number of hydrogen-bond acceptors (Lipinski definition) is 6. The van der Waals surface area contributed by atoms with Gasteiger partial charge < -0.3 is 10.1 Å². The third-order valence-corrected chi connectivity index (χ3v) is 4.63. The van der Waals surface area contributed by atoms with Crippen LogP contribution in [0.5, 0.6) is 0 Å². The first kappa shape index (κ1) is 17.1. The fourth-order valence-electron chi connectivity index (χ4n) is 2.70. The zero-order valence-electron chi connectivity index (χ0n) is 14.0. The maximum atomic E-state index is 12.4. The molecule has 1 saturated heterocycles. The van der Waals surface area contributed by atoms with Crippen LogP contribution in [0.3, 0.4) is 0 Å². The molecule has 7 nitrogen and oxygen atoms in total. The molecule has 1 N–H and O–H groups in total. The number of aromatic nitrogens is 3. The Bertz CT molecular complexity index is 655. The fraction of sp³-hybridized carbons (Fsp3) is 0.562. The normalized spacial score (nSPS) is 18.9. The largest absolute Gasteiger partial charge is 0.368 e. The molecule has 3 heterocycles. The molecule has 1 aliphatic heterocycles. The summed E-state index contributed by atoms with van der Waals surface area (Å²) in [5.74, 6) is 1.19. The molecule has 0 aromatic carbocycles. The standard InChI is InChI=1S/C16H23N5O2S/c1-12(2)9-21-14(3-4-18-21)19-15(22)11-20-6-7-23-13(10-20)16-17-5-8-24-16/h3-5,8,12-13H,6-7,9-11H2,1-2H3,(H,19,22). The second-order valence-corrected chi connectivity index (χ2v) is 7.23. The lowest BCUT2D eigenvalue weighted by Crippen LogP contribution is -2.42. The number of nitrogens with zero attached hydrogens (tertiary/aromatic N) is 4. The van der Waals surface area contributed by atoms with Gasteiger partial charge in [0.1, 0.15) is 16.9 Å². The minimum Gasteiger partial charge on any atom is -0.368 e. The maximum absolute atomic E-state index is 12.4. The Morgan fingerprint density at radius 1 is 1.50 bits per heavy atom. The summed E-state index contributed by atoms with van der Waals surface area (Å²) in [6, 6.07) is 1.83. The van der Waals surface area contributed by atoms with Gasteiger partial charge in [0, 0.05) is 37.3 Å². The van der Waals surface area contributed by atoms with E-state index >= 15 is 0 Å². The third-order valence-electron chi connectivity index (χ3n) is 3.77. The van der Waals surface area contributed by atoms with Gasteiger partial charge in [-0.2, -0.15) is 5.10 Å². The van der Waals surface area contributed by atoms with Crippen LogP contribution in [0.1, 0.15) is 25.0 Å². The molecule has 130 valence electrons. The van der Waals surface area contributed by atoms with Crippen LogP contribution in [0.15, 0.2) is 23.8 Å². The average Bonchev–Trinajstić information content (AvgIpc) is 3.19. The highest BCUT2D eigenvalue weighted by Gasteiger charge is 2.25. The van der Waals surface area contributed by atoms with Crippen molar-refractivity contribution in [1.29, 1.82) is 0 Å². The minimum absolute atomic E-state index is 0.0275. The van der Waals surface area contributed by atoms with Crippen molar-refractivity contribution in [3.05, 3.63) is 28.8 Å². The number of hydrogen-bond donors (Lipinski definition) is 1. The summed E-state index contributed by atoms with van der Waals surface area (Å²) in [7, 11) is 0. The number of carbonyl (C=O) groups excluding carboxylic acids is 1. The van der Waals surface area contributed by atoms with Crippen LogP contribution in [0.4, 0.5) is 5.82 Å².